The number of carboxylic acid groups (broad SMARTS) is 1. The van der Waals surface area contributed by atoms with E-state index in [1.807, 2.05) is 12.1 Å². The van der Waals surface area contributed by atoms with E-state index in [1.165, 1.54) is 59.2 Å². The number of piperidine rings is 2. The first-order chi connectivity index (χ1) is 49.7. The minimum atomic E-state index is -1.12. The minimum Gasteiger partial charge on any atom is -0.480 e. The second-order valence-electron chi connectivity index (χ2n) is 26.4. The molecule has 0 bridgehead atoms. The topological polar surface area (TPSA) is 417 Å². The van der Waals surface area contributed by atoms with Crippen molar-refractivity contribution in [1.82, 2.24) is 60.4 Å². The molecule has 2 aromatic heterocycles. The third kappa shape index (κ3) is 17.1. The molecule has 4 fully saturated rings. The van der Waals surface area contributed by atoms with Crippen molar-refractivity contribution in [3.05, 3.63) is 166 Å². The molecule has 536 valence electrons. The normalized spacial score (nSPS) is 19.3. The van der Waals surface area contributed by atoms with Crippen molar-refractivity contribution in [3.63, 3.8) is 0 Å². The number of rotatable bonds is 24. The molecule has 4 saturated heterocycles. The van der Waals surface area contributed by atoms with Crippen molar-refractivity contribution >= 4 is 93.7 Å². The van der Waals surface area contributed by atoms with Crippen LogP contribution in [0, 0.1) is 0 Å². The van der Waals surface area contributed by atoms with Gasteiger partial charge in [-0.3, -0.25) is 87.8 Å². The summed E-state index contributed by atoms with van der Waals surface area (Å²) in [7, 11) is 0. The maximum Gasteiger partial charge on any atom is 0.322 e. The Morgan fingerprint density at radius 2 is 0.971 bits per heavy atom. The average molecular weight is 1410 g/mol. The standard InChI is InChI=1S/C36H38N8O7.C21H27N5O2.C15H13N3O6/c45-24(19-42-13-12-21-4-1-2-5-22(21)16-42)8-10-29(46)27-14-30(39-20-38-27)40-23-17-43(18-23)32(48)15-37-26-7-3-6-25-33(26)36(51)44(35(25)50)28-9-11-31(47)41-34(28)49;27-18(13-26-8-7-15-3-1-2-4-16(15)12-26)5-6-20(28)19-9-21(24-14-23-19)25-17-10-22-11-17;19-10-5-4-9(13(22)17-10)18-14(23)7-2-1-3-8(12(7)15(18)24)16-6-11(20)21/h1-7,14,20,23-24,28,37,45H,8-13,15-19H2,(H,38,39,40)(H,41,47,49);1-4,9,14,17-18,22,27H,5-8,10-13H2,(H,23,24,25);1-3,9,16H,4-6H2,(H,20,21)(H,17,19,22)/t24-,28?;18-;/m00./s1. The van der Waals surface area contributed by atoms with E-state index in [0.29, 0.717) is 68.1 Å². The van der Waals surface area contributed by atoms with Crippen molar-refractivity contribution in [2.45, 2.75) is 114 Å². The van der Waals surface area contributed by atoms with Gasteiger partial charge in [0.15, 0.2) is 11.6 Å². The number of imide groups is 4. The Kier molecular flexibility index (Phi) is 22.4. The Labute approximate surface area is 590 Å². The number of carbonyl (C=O) groups excluding carboxylic acids is 11. The van der Waals surface area contributed by atoms with Gasteiger partial charge in [0, 0.05) is 115 Å². The highest BCUT2D eigenvalue weighted by molar-refractivity contribution is 6.26. The molecule has 0 spiro atoms. The predicted octanol–water partition coefficient (Wildman–Crippen LogP) is 1.82. The fourth-order valence-electron chi connectivity index (χ4n) is 13.6. The number of fused-ring (bicyclic) bond motifs is 4. The Morgan fingerprint density at radius 3 is 1.41 bits per heavy atom. The second-order valence-corrected chi connectivity index (χ2v) is 26.4. The van der Waals surface area contributed by atoms with Crippen molar-refractivity contribution < 1.29 is 72.9 Å². The zero-order valence-electron chi connectivity index (χ0n) is 56.2. The summed E-state index contributed by atoms with van der Waals surface area (Å²) in [6.45, 7) is 6.57. The number of hydrogen-bond donors (Lipinski definition) is 10. The van der Waals surface area contributed by atoms with E-state index in [4.69, 9.17) is 5.11 Å². The number of aromatic nitrogens is 4. The number of hydrogen-bond acceptors (Lipinski definition) is 25. The number of aliphatic hydroxyl groups excluding tert-OH is 2. The summed E-state index contributed by atoms with van der Waals surface area (Å²) >= 11 is 0. The van der Waals surface area contributed by atoms with E-state index in [2.05, 4.69) is 103 Å². The molecule has 4 atom stereocenters. The van der Waals surface area contributed by atoms with E-state index in [-0.39, 0.29) is 102 Å². The van der Waals surface area contributed by atoms with Crippen LogP contribution in [0.25, 0.3) is 0 Å². The van der Waals surface area contributed by atoms with E-state index in [0.717, 1.165) is 61.9 Å². The van der Waals surface area contributed by atoms with Gasteiger partial charge >= 0.3 is 5.97 Å². The Hall–Kier alpha value is -11.1. The Balaban J connectivity index is 0.000000161. The van der Waals surface area contributed by atoms with Crippen LogP contribution in [0.5, 0.6) is 0 Å². The number of anilines is 4. The van der Waals surface area contributed by atoms with Crippen molar-refractivity contribution in [2.75, 3.05) is 86.7 Å². The molecule has 0 aliphatic carbocycles. The molecule has 4 aromatic carbocycles. The van der Waals surface area contributed by atoms with Crippen molar-refractivity contribution in [3.8, 4) is 0 Å². The third-order valence-electron chi connectivity index (χ3n) is 19.2. The van der Waals surface area contributed by atoms with Gasteiger partial charge in [0.2, 0.25) is 29.5 Å². The average Bonchev–Trinajstić information content (AvgIpc) is 1.61. The smallest absolute Gasteiger partial charge is 0.322 e. The van der Waals surface area contributed by atoms with Gasteiger partial charge in [0.05, 0.1) is 53.1 Å². The fraction of sp³-hybridized carbons (Fsp3) is 0.389. The third-order valence-corrected chi connectivity index (χ3v) is 19.2. The maximum atomic E-state index is 13.3. The lowest BCUT2D eigenvalue weighted by molar-refractivity contribution is -0.137. The molecule has 103 heavy (non-hydrogen) atoms. The van der Waals surface area contributed by atoms with Crippen LogP contribution in [0.4, 0.5) is 23.0 Å². The Morgan fingerprint density at radius 1 is 0.524 bits per heavy atom. The highest BCUT2D eigenvalue weighted by Crippen LogP contribution is 2.35. The van der Waals surface area contributed by atoms with Crippen LogP contribution in [0.2, 0.25) is 0 Å². The van der Waals surface area contributed by atoms with Gasteiger partial charge in [-0.2, -0.15) is 0 Å². The number of aliphatic hydroxyl groups is 2. The first-order valence-corrected chi connectivity index (χ1v) is 34.3. The molecule has 0 saturated carbocycles. The number of carbonyl (C=O) groups is 12. The monoisotopic (exact) mass is 1410 g/mol. The van der Waals surface area contributed by atoms with Crippen LogP contribution >= 0.6 is 0 Å². The van der Waals surface area contributed by atoms with Crippen LogP contribution < -0.4 is 37.2 Å². The minimum absolute atomic E-state index is 0.0202. The quantitative estimate of drug-likeness (QED) is 0.0305. The largest absolute Gasteiger partial charge is 0.480 e. The van der Waals surface area contributed by atoms with Gasteiger partial charge in [0.1, 0.15) is 54.3 Å². The lowest BCUT2D eigenvalue weighted by Crippen LogP contribution is -2.58. The maximum absolute atomic E-state index is 13.3. The van der Waals surface area contributed by atoms with Crippen LogP contribution in [0.1, 0.15) is 136 Å². The lowest BCUT2D eigenvalue weighted by Gasteiger charge is -2.40. The molecule has 0 radical (unpaired) electrons. The molecule has 6 aromatic rings. The lowest BCUT2D eigenvalue weighted by atomic mass is 9.99. The van der Waals surface area contributed by atoms with Gasteiger partial charge in [0.25, 0.3) is 23.6 Å². The molecule has 31 nitrogen and oxygen atoms in total. The summed E-state index contributed by atoms with van der Waals surface area (Å²) in [5, 5.41) is 49.3. The fourth-order valence-corrected chi connectivity index (χ4v) is 13.6. The van der Waals surface area contributed by atoms with Crippen LogP contribution in [-0.4, -0.2) is 232 Å². The van der Waals surface area contributed by atoms with Crippen LogP contribution in [-0.2, 0) is 54.7 Å². The summed E-state index contributed by atoms with van der Waals surface area (Å²) in [6.07, 6.45) is 4.90. The molecule has 31 heteroatoms. The number of likely N-dealkylation sites (tertiary alicyclic amines) is 1. The molecule has 10 heterocycles. The Bertz CT molecular complexity index is 4330. The number of aliphatic carboxylic acids is 1. The summed E-state index contributed by atoms with van der Waals surface area (Å²) in [6, 6.07) is 27.3. The molecule has 8 aliphatic heterocycles. The van der Waals surface area contributed by atoms with E-state index in [1.54, 1.807) is 29.2 Å². The number of β-amino-alcohol motifs (C(OH)–C–C–N with tert-alkyl or cyclic N) is 2. The van der Waals surface area contributed by atoms with Gasteiger partial charge in [-0.25, -0.2) is 19.9 Å². The highest BCUT2D eigenvalue weighted by atomic mass is 16.4. The molecule has 2 unspecified atom stereocenters. The summed E-state index contributed by atoms with van der Waals surface area (Å²) in [4.78, 5) is 172. The summed E-state index contributed by atoms with van der Waals surface area (Å²) < 4.78 is 0. The summed E-state index contributed by atoms with van der Waals surface area (Å²) in [5.74, 6) is -5.33. The first kappa shape index (κ1) is 71.7. The van der Waals surface area contributed by atoms with Gasteiger partial charge < -0.3 is 46.8 Å². The number of benzene rings is 4. The number of nitrogens with one attached hydrogen (secondary N) is 7. The van der Waals surface area contributed by atoms with Gasteiger partial charge in [-0.15, -0.1) is 0 Å². The van der Waals surface area contributed by atoms with E-state index in [9.17, 15) is 67.7 Å². The molecular formula is C72H78N16O15. The second kappa shape index (κ2) is 32.3. The van der Waals surface area contributed by atoms with Crippen molar-refractivity contribution in [2.24, 2.45) is 0 Å². The molecule has 8 aliphatic rings. The zero-order valence-corrected chi connectivity index (χ0v) is 56.2. The van der Waals surface area contributed by atoms with E-state index < -0.39 is 84.1 Å². The molecule has 9 amide bonds. The molecular weight excluding hydrogens is 1330 g/mol. The molecule has 14 rings (SSSR count). The number of nitrogens with zero attached hydrogens (tertiary/aromatic N) is 9. The van der Waals surface area contributed by atoms with Crippen LogP contribution in [0.15, 0.2) is 110 Å². The highest BCUT2D eigenvalue weighted by Gasteiger charge is 2.47. The number of Topliss-reactive ketones (excluding diaryl/α,β-unsaturated/α-hetero) is 2. The summed E-state index contributed by atoms with van der Waals surface area (Å²) in [5.41, 5.74) is 6.86. The molecule has 10 N–H and O–H groups in total. The SMILES string of the molecule is O=C(CC[C@H](O)CN1CCc2ccccc2C1)c1cc(NC2CNC2)ncn1.O=C(O)CNc1cccc2c1C(=O)N(C1CCC(=O)NC1=O)C2=O.O=C1CCC(N2C(=O)c3cccc(NCC(=O)N4CC(Nc5cc(C(=O)CC[C@H](O)CN6CCc7ccccc7C6)ncn5)C4)c3C2=O)C(=O)N1. The predicted molar refractivity (Wildman–Crippen MR) is 369 cm³/mol. The van der Waals surface area contributed by atoms with E-state index >= 15 is 0 Å². The number of carboxylic acids is 1. The number of ketones is 2. The van der Waals surface area contributed by atoms with Crippen LogP contribution in [0.3, 0.4) is 0 Å². The number of amides is 9. The van der Waals surface area contributed by atoms with Gasteiger partial charge in [-0.05, 0) is 85.0 Å². The first-order valence-electron chi connectivity index (χ1n) is 34.3. The zero-order chi connectivity index (χ0) is 72.4. The van der Waals surface area contributed by atoms with Gasteiger partial charge in [-0.1, -0.05) is 60.7 Å². The van der Waals surface area contributed by atoms with Crippen molar-refractivity contribution in [1.29, 1.82) is 0 Å².